The van der Waals surface area contributed by atoms with E-state index in [1.165, 1.54) is 7.05 Å². The van der Waals surface area contributed by atoms with Crippen molar-refractivity contribution in [2.24, 2.45) is 0 Å². The first kappa shape index (κ1) is 23.6. The van der Waals surface area contributed by atoms with E-state index < -0.39 is 16.1 Å². The van der Waals surface area contributed by atoms with Gasteiger partial charge in [-0.25, -0.2) is 8.42 Å². The summed E-state index contributed by atoms with van der Waals surface area (Å²) < 4.78 is 35.4. The third kappa shape index (κ3) is 5.98. The van der Waals surface area contributed by atoms with Gasteiger partial charge in [0.15, 0.2) is 6.10 Å². The Morgan fingerprint density at radius 1 is 1.25 bits per heavy atom. The van der Waals surface area contributed by atoms with Crippen LogP contribution in [0.5, 0.6) is 5.75 Å². The van der Waals surface area contributed by atoms with Crippen LogP contribution in [0, 0.1) is 0 Å². The molecule has 9 nitrogen and oxygen atoms in total. The fraction of sp³-hybridized carbons (Fsp3) is 0.286. The molecule has 0 radical (unpaired) electrons. The Morgan fingerprint density at radius 3 is 2.59 bits per heavy atom. The Kier molecular flexibility index (Phi) is 7.37. The van der Waals surface area contributed by atoms with E-state index >= 15 is 0 Å². The first-order valence-corrected chi connectivity index (χ1v) is 12.0. The zero-order valence-electron chi connectivity index (χ0n) is 17.8. The lowest BCUT2D eigenvalue weighted by molar-refractivity contribution is -0.128. The largest absolute Gasteiger partial charge is 0.481 e. The van der Waals surface area contributed by atoms with Gasteiger partial charge in [0.25, 0.3) is 5.91 Å². The van der Waals surface area contributed by atoms with Crippen LogP contribution in [0.25, 0.3) is 11.4 Å². The van der Waals surface area contributed by atoms with Crippen LogP contribution in [-0.2, 0) is 21.4 Å². The summed E-state index contributed by atoms with van der Waals surface area (Å²) in [6.07, 6.45) is 0.800. The second-order valence-corrected chi connectivity index (χ2v) is 9.43. The molecular formula is C21H23ClN4O5S. The molecule has 1 heterocycles. The maximum Gasteiger partial charge on any atom is 0.261 e. The van der Waals surface area contributed by atoms with Gasteiger partial charge in [-0.05, 0) is 42.8 Å². The Bertz CT molecular complexity index is 1180. The van der Waals surface area contributed by atoms with Crippen LogP contribution in [0.15, 0.2) is 53.1 Å². The molecule has 0 saturated carbocycles. The number of rotatable bonds is 9. The van der Waals surface area contributed by atoms with Crippen LogP contribution in [0.3, 0.4) is 0 Å². The van der Waals surface area contributed by atoms with E-state index in [2.05, 4.69) is 15.5 Å². The van der Waals surface area contributed by atoms with Crippen LogP contribution in [0.2, 0.25) is 5.02 Å². The average Bonchev–Trinajstić information content (AvgIpc) is 3.24. The van der Waals surface area contributed by atoms with Crippen LogP contribution in [0.4, 0.5) is 5.69 Å². The van der Waals surface area contributed by atoms with Crippen molar-refractivity contribution in [1.29, 1.82) is 0 Å². The molecule has 0 fully saturated rings. The molecule has 2 aromatic carbocycles. The average molecular weight is 479 g/mol. The van der Waals surface area contributed by atoms with Gasteiger partial charge in [-0.3, -0.25) is 9.10 Å². The van der Waals surface area contributed by atoms with Crippen molar-refractivity contribution in [3.63, 3.8) is 0 Å². The van der Waals surface area contributed by atoms with Gasteiger partial charge in [-0.1, -0.05) is 35.8 Å². The van der Waals surface area contributed by atoms with E-state index in [4.69, 9.17) is 20.9 Å². The van der Waals surface area contributed by atoms with Crippen molar-refractivity contribution in [2.75, 3.05) is 17.6 Å². The van der Waals surface area contributed by atoms with E-state index in [9.17, 15) is 13.2 Å². The summed E-state index contributed by atoms with van der Waals surface area (Å²) in [5.41, 5.74) is 1.20. The lowest BCUT2D eigenvalue weighted by Gasteiger charge is -2.19. The van der Waals surface area contributed by atoms with Crippen LogP contribution in [-0.4, -0.2) is 43.9 Å². The number of hydrogen-bond acceptors (Lipinski definition) is 7. The number of benzene rings is 2. The third-order valence-corrected chi connectivity index (χ3v) is 6.04. The minimum absolute atomic E-state index is 0.0460. The number of ether oxygens (including phenoxy) is 1. The predicted octanol–water partition coefficient (Wildman–Crippen LogP) is 3.26. The number of hydrogen-bond donors (Lipinski definition) is 1. The van der Waals surface area contributed by atoms with Crippen LogP contribution < -0.4 is 14.4 Å². The van der Waals surface area contributed by atoms with Gasteiger partial charge in [0, 0.05) is 17.6 Å². The van der Waals surface area contributed by atoms with Gasteiger partial charge >= 0.3 is 0 Å². The topological polar surface area (TPSA) is 115 Å². The number of nitrogens with one attached hydrogen (secondary N) is 1. The molecule has 0 bridgehead atoms. The SMILES string of the molecule is CCC(Oc1ccc(N(C)S(C)(=O)=O)cc1)C(=O)NCc1nc(-c2cccc(Cl)c2)no1. The lowest BCUT2D eigenvalue weighted by Crippen LogP contribution is -2.37. The van der Waals surface area contributed by atoms with Crippen molar-refractivity contribution in [3.05, 3.63) is 59.4 Å². The molecule has 1 unspecified atom stereocenters. The van der Waals surface area contributed by atoms with E-state index in [0.29, 0.717) is 34.3 Å². The van der Waals surface area contributed by atoms with Gasteiger partial charge in [-0.15, -0.1) is 0 Å². The Morgan fingerprint density at radius 2 is 1.97 bits per heavy atom. The normalized spacial score (nSPS) is 12.2. The Balaban J connectivity index is 1.58. The van der Waals surface area contributed by atoms with Crippen LogP contribution in [0.1, 0.15) is 19.2 Å². The number of anilines is 1. The van der Waals surface area contributed by atoms with Crippen molar-refractivity contribution < 1.29 is 22.5 Å². The van der Waals surface area contributed by atoms with E-state index in [1.807, 2.05) is 6.92 Å². The molecule has 1 N–H and O–H groups in total. The van der Waals surface area contributed by atoms with Crippen molar-refractivity contribution in [1.82, 2.24) is 15.5 Å². The second kappa shape index (κ2) is 10.0. The van der Waals surface area contributed by atoms with Gasteiger partial charge < -0.3 is 14.6 Å². The maximum absolute atomic E-state index is 12.5. The first-order valence-electron chi connectivity index (χ1n) is 9.74. The molecule has 1 atom stereocenters. The number of amides is 1. The summed E-state index contributed by atoms with van der Waals surface area (Å²) in [6.45, 7) is 1.87. The molecule has 0 saturated heterocycles. The van der Waals surface area contributed by atoms with Gasteiger partial charge in [0.2, 0.25) is 21.7 Å². The zero-order chi connectivity index (χ0) is 23.3. The molecule has 32 heavy (non-hydrogen) atoms. The molecule has 0 aliphatic rings. The van der Waals surface area contributed by atoms with Crippen molar-refractivity contribution in [3.8, 4) is 17.1 Å². The summed E-state index contributed by atoms with van der Waals surface area (Å²) in [5, 5.41) is 7.18. The Labute approximate surface area is 191 Å². The number of carbonyl (C=O) groups is 1. The van der Waals surface area contributed by atoms with Gasteiger partial charge in [-0.2, -0.15) is 4.98 Å². The molecule has 1 amide bonds. The van der Waals surface area contributed by atoms with E-state index in [-0.39, 0.29) is 18.3 Å². The number of carbonyl (C=O) groups excluding carboxylic acids is 1. The molecule has 170 valence electrons. The molecule has 3 aromatic rings. The summed E-state index contributed by atoms with van der Waals surface area (Å²) >= 11 is 5.98. The molecule has 3 rings (SSSR count). The molecule has 0 aliphatic heterocycles. The van der Waals surface area contributed by atoms with Crippen LogP contribution >= 0.6 is 11.6 Å². The highest BCUT2D eigenvalue weighted by Crippen LogP contribution is 2.22. The third-order valence-electron chi connectivity index (χ3n) is 4.60. The number of sulfonamides is 1. The highest BCUT2D eigenvalue weighted by atomic mass is 35.5. The zero-order valence-corrected chi connectivity index (χ0v) is 19.4. The fourth-order valence-corrected chi connectivity index (χ4v) is 3.46. The predicted molar refractivity (Wildman–Crippen MR) is 121 cm³/mol. The molecule has 0 aliphatic carbocycles. The monoisotopic (exact) mass is 478 g/mol. The van der Waals surface area contributed by atoms with E-state index in [1.54, 1.807) is 48.5 Å². The number of halogens is 1. The maximum atomic E-state index is 12.5. The standard InChI is InChI=1S/C21H23ClN4O5S/c1-4-18(30-17-10-8-16(9-11-17)26(2)32(3,28)29)21(27)23-13-19-24-20(25-31-19)14-6-5-7-15(22)12-14/h5-12,18H,4,13H2,1-3H3,(H,23,27). The fourth-order valence-electron chi connectivity index (χ4n) is 2.76. The van der Waals surface area contributed by atoms with E-state index in [0.717, 1.165) is 10.6 Å². The first-order chi connectivity index (χ1) is 15.2. The lowest BCUT2D eigenvalue weighted by atomic mass is 10.2. The molecular weight excluding hydrogens is 456 g/mol. The minimum atomic E-state index is -3.36. The number of aromatic nitrogens is 2. The van der Waals surface area contributed by atoms with Gasteiger partial charge in [0.1, 0.15) is 5.75 Å². The summed E-state index contributed by atoms with van der Waals surface area (Å²) in [5.74, 6) is 0.724. The minimum Gasteiger partial charge on any atom is -0.481 e. The summed E-state index contributed by atoms with van der Waals surface area (Å²) in [7, 11) is -1.90. The van der Waals surface area contributed by atoms with Crippen molar-refractivity contribution >= 4 is 33.2 Å². The smallest absolute Gasteiger partial charge is 0.261 e. The van der Waals surface area contributed by atoms with Crippen molar-refractivity contribution in [2.45, 2.75) is 26.0 Å². The quantitative estimate of drug-likeness (QED) is 0.502. The summed E-state index contributed by atoms with van der Waals surface area (Å²) in [4.78, 5) is 16.8. The summed E-state index contributed by atoms with van der Waals surface area (Å²) in [6, 6.07) is 13.5. The molecule has 1 aromatic heterocycles. The highest BCUT2D eigenvalue weighted by Gasteiger charge is 2.20. The number of nitrogens with zero attached hydrogens (tertiary/aromatic N) is 3. The molecule has 11 heteroatoms. The Hall–Kier alpha value is -3.11. The van der Waals surface area contributed by atoms with Gasteiger partial charge in [0.05, 0.1) is 18.5 Å². The second-order valence-electron chi connectivity index (χ2n) is 6.98. The highest BCUT2D eigenvalue weighted by molar-refractivity contribution is 7.92. The molecule has 0 spiro atoms.